The standard InChI is InChI=1S/C16H15BrO3/c1-20-15-10-14(17)9-8-12(15)5-2-11-3-6-13(7-4-11)16(18)19/h3-4,6-10H,2,5H2,1H3,(H,18,19). The molecule has 0 unspecified atom stereocenters. The molecular weight excluding hydrogens is 320 g/mol. The fraction of sp³-hybridized carbons (Fsp3) is 0.188. The van der Waals surface area contributed by atoms with Gasteiger partial charge >= 0.3 is 5.97 Å². The van der Waals surface area contributed by atoms with E-state index in [1.54, 1.807) is 19.2 Å². The molecule has 0 heterocycles. The Bertz CT molecular complexity index is 606. The molecule has 0 saturated heterocycles. The van der Waals surface area contributed by atoms with E-state index in [1.807, 2.05) is 30.3 Å². The summed E-state index contributed by atoms with van der Waals surface area (Å²) in [6, 6.07) is 13.0. The zero-order valence-electron chi connectivity index (χ0n) is 11.1. The van der Waals surface area contributed by atoms with Crippen LogP contribution < -0.4 is 4.74 Å². The van der Waals surface area contributed by atoms with Crippen LogP contribution in [0.4, 0.5) is 0 Å². The number of hydrogen-bond donors (Lipinski definition) is 1. The predicted octanol–water partition coefficient (Wildman–Crippen LogP) is 3.94. The van der Waals surface area contributed by atoms with Crippen LogP contribution in [0.2, 0.25) is 0 Å². The normalized spacial score (nSPS) is 10.3. The summed E-state index contributed by atoms with van der Waals surface area (Å²) >= 11 is 3.42. The SMILES string of the molecule is COc1cc(Br)ccc1CCc1ccc(C(=O)O)cc1. The third-order valence-electron chi connectivity index (χ3n) is 3.13. The number of hydrogen-bond acceptors (Lipinski definition) is 2. The van der Waals surface area contributed by atoms with E-state index in [1.165, 1.54) is 0 Å². The Morgan fingerprint density at radius 3 is 2.45 bits per heavy atom. The predicted molar refractivity (Wildman–Crippen MR) is 81.5 cm³/mol. The van der Waals surface area contributed by atoms with Crippen molar-refractivity contribution in [2.45, 2.75) is 12.8 Å². The highest BCUT2D eigenvalue weighted by atomic mass is 79.9. The van der Waals surface area contributed by atoms with Crippen LogP contribution in [0.1, 0.15) is 21.5 Å². The van der Waals surface area contributed by atoms with E-state index in [0.717, 1.165) is 34.2 Å². The maximum absolute atomic E-state index is 10.8. The van der Waals surface area contributed by atoms with Crippen molar-refractivity contribution in [1.82, 2.24) is 0 Å². The van der Waals surface area contributed by atoms with Gasteiger partial charge in [0.05, 0.1) is 12.7 Å². The van der Waals surface area contributed by atoms with E-state index in [4.69, 9.17) is 9.84 Å². The number of aryl methyl sites for hydroxylation is 2. The number of methoxy groups -OCH3 is 1. The van der Waals surface area contributed by atoms with Crippen LogP contribution >= 0.6 is 15.9 Å². The quantitative estimate of drug-likeness (QED) is 0.900. The molecule has 0 radical (unpaired) electrons. The van der Waals surface area contributed by atoms with Crippen molar-refractivity contribution in [3.63, 3.8) is 0 Å². The smallest absolute Gasteiger partial charge is 0.335 e. The fourth-order valence-corrected chi connectivity index (χ4v) is 2.36. The zero-order chi connectivity index (χ0) is 14.5. The molecule has 0 amide bonds. The van der Waals surface area contributed by atoms with Gasteiger partial charge in [-0.1, -0.05) is 34.1 Å². The summed E-state index contributed by atoms with van der Waals surface area (Å²) in [5.74, 6) is -0.0346. The van der Waals surface area contributed by atoms with Gasteiger partial charge < -0.3 is 9.84 Å². The van der Waals surface area contributed by atoms with E-state index < -0.39 is 5.97 Å². The molecule has 1 N–H and O–H groups in total. The fourth-order valence-electron chi connectivity index (χ4n) is 2.02. The van der Waals surface area contributed by atoms with Gasteiger partial charge in [-0.15, -0.1) is 0 Å². The van der Waals surface area contributed by atoms with Crippen LogP contribution in [0.25, 0.3) is 0 Å². The second kappa shape index (κ2) is 6.57. The van der Waals surface area contributed by atoms with Crippen LogP contribution in [-0.4, -0.2) is 18.2 Å². The van der Waals surface area contributed by atoms with E-state index in [-0.39, 0.29) is 0 Å². The topological polar surface area (TPSA) is 46.5 Å². The maximum atomic E-state index is 10.8. The molecule has 0 spiro atoms. The lowest BCUT2D eigenvalue weighted by molar-refractivity contribution is 0.0697. The summed E-state index contributed by atoms with van der Waals surface area (Å²) in [5, 5.41) is 8.86. The lowest BCUT2D eigenvalue weighted by atomic mass is 10.0. The van der Waals surface area contributed by atoms with Gasteiger partial charge in [0.2, 0.25) is 0 Å². The number of carboxylic acids is 1. The van der Waals surface area contributed by atoms with Crippen molar-refractivity contribution in [2.24, 2.45) is 0 Å². The molecule has 0 fully saturated rings. The zero-order valence-corrected chi connectivity index (χ0v) is 12.7. The Hall–Kier alpha value is -1.81. The molecule has 2 aromatic rings. The Balaban J connectivity index is 2.06. The van der Waals surface area contributed by atoms with E-state index in [0.29, 0.717) is 5.56 Å². The van der Waals surface area contributed by atoms with Crippen LogP contribution in [-0.2, 0) is 12.8 Å². The second-order valence-electron chi connectivity index (χ2n) is 4.46. The molecule has 20 heavy (non-hydrogen) atoms. The van der Waals surface area contributed by atoms with Crippen LogP contribution in [0.3, 0.4) is 0 Å². The third kappa shape index (κ3) is 3.61. The van der Waals surface area contributed by atoms with Gasteiger partial charge in [-0.2, -0.15) is 0 Å². The number of aromatic carboxylic acids is 1. The van der Waals surface area contributed by atoms with Gasteiger partial charge in [0.15, 0.2) is 0 Å². The highest BCUT2D eigenvalue weighted by Crippen LogP contribution is 2.24. The van der Waals surface area contributed by atoms with Gasteiger partial charge in [-0.05, 0) is 48.2 Å². The molecule has 2 aromatic carbocycles. The highest BCUT2D eigenvalue weighted by molar-refractivity contribution is 9.10. The second-order valence-corrected chi connectivity index (χ2v) is 5.37. The summed E-state index contributed by atoms with van der Waals surface area (Å²) in [6.07, 6.45) is 1.70. The number of rotatable bonds is 5. The largest absolute Gasteiger partial charge is 0.496 e. The average molecular weight is 335 g/mol. The third-order valence-corrected chi connectivity index (χ3v) is 3.63. The molecule has 104 valence electrons. The number of carboxylic acid groups (broad SMARTS) is 1. The first kappa shape index (κ1) is 14.6. The molecule has 0 aliphatic carbocycles. The molecule has 0 aromatic heterocycles. The highest BCUT2D eigenvalue weighted by Gasteiger charge is 2.05. The first-order valence-corrected chi connectivity index (χ1v) is 7.04. The Morgan fingerprint density at radius 1 is 1.15 bits per heavy atom. The summed E-state index contributed by atoms with van der Waals surface area (Å²) < 4.78 is 6.35. The van der Waals surface area contributed by atoms with Crippen molar-refractivity contribution >= 4 is 21.9 Å². The molecule has 3 nitrogen and oxygen atoms in total. The lowest BCUT2D eigenvalue weighted by Gasteiger charge is -2.09. The molecule has 2 rings (SSSR count). The van der Waals surface area contributed by atoms with Crippen LogP contribution in [0, 0.1) is 0 Å². The van der Waals surface area contributed by atoms with Gasteiger partial charge in [-0.25, -0.2) is 4.79 Å². The van der Waals surface area contributed by atoms with Crippen molar-refractivity contribution in [2.75, 3.05) is 7.11 Å². The van der Waals surface area contributed by atoms with Crippen molar-refractivity contribution < 1.29 is 14.6 Å². The van der Waals surface area contributed by atoms with Crippen LogP contribution in [0.15, 0.2) is 46.9 Å². The first-order valence-electron chi connectivity index (χ1n) is 6.25. The molecular formula is C16H15BrO3. The Labute approximate surface area is 126 Å². The van der Waals surface area contributed by atoms with E-state index in [2.05, 4.69) is 15.9 Å². The van der Waals surface area contributed by atoms with Crippen LogP contribution in [0.5, 0.6) is 5.75 Å². The molecule has 0 aliphatic rings. The van der Waals surface area contributed by atoms with Crippen molar-refractivity contribution in [1.29, 1.82) is 0 Å². The first-order chi connectivity index (χ1) is 9.60. The van der Waals surface area contributed by atoms with Gasteiger partial charge in [0, 0.05) is 4.47 Å². The minimum absolute atomic E-state index is 0.315. The number of halogens is 1. The molecule has 0 aliphatic heterocycles. The lowest BCUT2D eigenvalue weighted by Crippen LogP contribution is -1.98. The Kier molecular flexibility index (Phi) is 4.79. The maximum Gasteiger partial charge on any atom is 0.335 e. The summed E-state index contributed by atoms with van der Waals surface area (Å²) in [4.78, 5) is 10.8. The van der Waals surface area contributed by atoms with Gasteiger partial charge in [0.25, 0.3) is 0 Å². The number of carbonyl (C=O) groups is 1. The molecule has 0 saturated carbocycles. The van der Waals surface area contributed by atoms with E-state index in [9.17, 15) is 4.79 Å². The number of benzene rings is 2. The average Bonchev–Trinajstić information content (AvgIpc) is 2.46. The molecule has 0 bridgehead atoms. The summed E-state index contributed by atoms with van der Waals surface area (Å²) in [5.41, 5.74) is 2.56. The molecule has 4 heteroatoms. The molecule has 0 atom stereocenters. The minimum atomic E-state index is -0.897. The monoisotopic (exact) mass is 334 g/mol. The van der Waals surface area contributed by atoms with Crippen molar-refractivity contribution in [3.8, 4) is 5.75 Å². The van der Waals surface area contributed by atoms with E-state index >= 15 is 0 Å². The Morgan fingerprint density at radius 2 is 1.85 bits per heavy atom. The van der Waals surface area contributed by atoms with Crippen molar-refractivity contribution in [3.05, 3.63) is 63.6 Å². The summed E-state index contributed by atoms with van der Waals surface area (Å²) in [6.45, 7) is 0. The number of ether oxygens (including phenoxy) is 1. The minimum Gasteiger partial charge on any atom is -0.496 e. The summed E-state index contributed by atoms with van der Waals surface area (Å²) in [7, 11) is 1.66. The van der Waals surface area contributed by atoms with Gasteiger partial charge in [-0.3, -0.25) is 0 Å². The van der Waals surface area contributed by atoms with Gasteiger partial charge in [0.1, 0.15) is 5.75 Å².